The van der Waals surface area contributed by atoms with Crippen LogP contribution in [0.4, 0.5) is 0 Å². The second kappa shape index (κ2) is 3.46. The van der Waals surface area contributed by atoms with Crippen LogP contribution in [0.3, 0.4) is 0 Å². The van der Waals surface area contributed by atoms with Gasteiger partial charge in [0.1, 0.15) is 5.60 Å². The molecule has 12 heavy (non-hydrogen) atoms. The summed E-state index contributed by atoms with van der Waals surface area (Å²) in [6.45, 7) is 8.61. The van der Waals surface area contributed by atoms with E-state index in [0.29, 0.717) is 5.92 Å². The van der Waals surface area contributed by atoms with Gasteiger partial charge in [-0.3, -0.25) is 0 Å². The lowest BCUT2D eigenvalue weighted by Crippen LogP contribution is -2.32. The van der Waals surface area contributed by atoms with Crippen LogP contribution < -0.4 is 0 Å². The number of hydrogen-bond donors (Lipinski definition) is 0. The topological polar surface area (TPSA) is 21.6 Å². The Morgan fingerprint density at radius 2 is 2.25 bits per heavy atom. The Bertz CT molecular complexity index is 186. The van der Waals surface area contributed by atoms with Crippen molar-refractivity contribution < 1.29 is 4.84 Å². The van der Waals surface area contributed by atoms with Crippen molar-refractivity contribution in [3.8, 4) is 0 Å². The molecule has 0 amide bonds. The average molecular weight is 169 g/mol. The molecule has 1 atom stereocenters. The standard InChI is InChI=1S/C10H19NO/c1-5-10(4)7-6-9(8(2)3)11-12-10/h8H,5-7H2,1-4H3. The van der Waals surface area contributed by atoms with Crippen LogP contribution in [0, 0.1) is 5.92 Å². The highest BCUT2D eigenvalue weighted by Crippen LogP contribution is 2.27. The predicted molar refractivity (Wildman–Crippen MR) is 51.3 cm³/mol. The van der Waals surface area contributed by atoms with Gasteiger partial charge < -0.3 is 4.84 Å². The molecule has 1 rings (SSSR count). The number of nitrogens with zero attached hydrogens (tertiary/aromatic N) is 1. The van der Waals surface area contributed by atoms with E-state index < -0.39 is 0 Å². The van der Waals surface area contributed by atoms with E-state index in [2.05, 4.69) is 32.9 Å². The van der Waals surface area contributed by atoms with Gasteiger partial charge in [-0.2, -0.15) is 0 Å². The summed E-state index contributed by atoms with van der Waals surface area (Å²) in [5.41, 5.74) is 1.21. The van der Waals surface area contributed by atoms with Crippen LogP contribution in [0.25, 0.3) is 0 Å². The molecule has 2 heteroatoms. The Hall–Kier alpha value is -0.530. The van der Waals surface area contributed by atoms with E-state index in [9.17, 15) is 0 Å². The first kappa shape index (κ1) is 9.56. The van der Waals surface area contributed by atoms with Crippen molar-refractivity contribution in [1.82, 2.24) is 0 Å². The number of rotatable bonds is 2. The molecule has 1 aliphatic rings. The zero-order chi connectivity index (χ0) is 9.19. The van der Waals surface area contributed by atoms with Gasteiger partial charge in [0.05, 0.1) is 5.71 Å². The molecular formula is C10H19NO. The van der Waals surface area contributed by atoms with Crippen molar-refractivity contribution in [1.29, 1.82) is 0 Å². The minimum absolute atomic E-state index is 0.00160. The summed E-state index contributed by atoms with van der Waals surface area (Å²) in [5.74, 6) is 0.534. The molecule has 0 aliphatic carbocycles. The zero-order valence-corrected chi connectivity index (χ0v) is 8.55. The van der Waals surface area contributed by atoms with Crippen LogP contribution in [0.5, 0.6) is 0 Å². The van der Waals surface area contributed by atoms with Gasteiger partial charge in [-0.05, 0) is 32.1 Å². The lowest BCUT2D eigenvalue weighted by molar-refractivity contribution is -0.0469. The van der Waals surface area contributed by atoms with Gasteiger partial charge in [-0.1, -0.05) is 25.9 Å². The third-order valence-corrected chi connectivity index (χ3v) is 2.71. The summed E-state index contributed by atoms with van der Waals surface area (Å²) in [4.78, 5) is 5.48. The summed E-state index contributed by atoms with van der Waals surface area (Å²) in [6.07, 6.45) is 3.25. The van der Waals surface area contributed by atoms with Crippen molar-refractivity contribution in [3.05, 3.63) is 0 Å². The maximum atomic E-state index is 5.48. The number of hydrogen-bond acceptors (Lipinski definition) is 2. The fourth-order valence-electron chi connectivity index (χ4n) is 1.29. The first-order valence-corrected chi connectivity index (χ1v) is 4.82. The molecule has 0 fully saturated rings. The van der Waals surface area contributed by atoms with E-state index in [-0.39, 0.29) is 5.60 Å². The molecule has 0 N–H and O–H groups in total. The molecular weight excluding hydrogens is 150 g/mol. The van der Waals surface area contributed by atoms with E-state index in [1.165, 1.54) is 5.71 Å². The SMILES string of the molecule is CCC1(C)CCC(C(C)C)=NO1. The molecule has 0 bridgehead atoms. The Morgan fingerprint density at radius 3 is 2.58 bits per heavy atom. The highest BCUT2D eigenvalue weighted by atomic mass is 16.6. The molecule has 0 saturated heterocycles. The molecule has 1 aliphatic heterocycles. The summed E-state index contributed by atoms with van der Waals surface area (Å²) in [7, 11) is 0. The Balaban J connectivity index is 2.58. The van der Waals surface area contributed by atoms with Gasteiger partial charge in [-0.25, -0.2) is 0 Å². The second-order valence-corrected chi connectivity index (χ2v) is 4.13. The quantitative estimate of drug-likeness (QED) is 0.622. The fraction of sp³-hybridized carbons (Fsp3) is 0.900. The Kier molecular flexibility index (Phi) is 2.76. The number of oxime groups is 1. The molecule has 70 valence electrons. The Labute approximate surface area is 75.0 Å². The lowest BCUT2D eigenvalue weighted by Gasteiger charge is -2.31. The summed E-state index contributed by atoms with van der Waals surface area (Å²) in [6, 6.07) is 0. The first-order valence-electron chi connectivity index (χ1n) is 4.82. The first-order chi connectivity index (χ1) is 5.57. The highest BCUT2D eigenvalue weighted by molar-refractivity contribution is 5.86. The smallest absolute Gasteiger partial charge is 0.135 e. The molecule has 1 heterocycles. The molecule has 0 aromatic carbocycles. The molecule has 2 nitrogen and oxygen atoms in total. The van der Waals surface area contributed by atoms with Crippen molar-refractivity contribution in [3.63, 3.8) is 0 Å². The van der Waals surface area contributed by atoms with Gasteiger partial charge in [0.2, 0.25) is 0 Å². The third-order valence-electron chi connectivity index (χ3n) is 2.71. The van der Waals surface area contributed by atoms with Crippen LogP contribution in [0.1, 0.15) is 47.0 Å². The van der Waals surface area contributed by atoms with Gasteiger partial charge in [-0.15, -0.1) is 0 Å². The minimum atomic E-state index is -0.00160. The maximum absolute atomic E-state index is 5.48. The normalized spacial score (nSPS) is 29.9. The van der Waals surface area contributed by atoms with Crippen LogP contribution in [-0.4, -0.2) is 11.3 Å². The van der Waals surface area contributed by atoms with Crippen LogP contribution >= 0.6 is 0 Å². The zero-order valence-electron chi connectivity index (χ0n) is 8.55. The van der Waals surface area contributed by atoms with E-state index in [0.717, 1.165) is 19.3 Å². The van der Waals surface area contributed by atoms with E-state index >= 15 is 0 Å². The third kappa shape index (κ3) is 1.99. The van der Waals surface area contributed by atoms with Crippen molar-refractivity contribution in [2.45, 2.75) is 52.6 Å². The van der Waals surface area contributed by atoms with Crippen LogP contribution in [0.2, 0.25) is 0 Å². The largest absolute Gasteiger partial charge is 0.390 e. The summed E-state index contributed by atoms with van der Waals surface area (Å²) in [5, 5.41) is 4.17. The lowest BCUT2D eigenvalue weighted by atomic mass is 9.91. The summed E-state index contributed by atoms with van der Waals surface area (Å²) >= 11 is 0. The summed E-state index contributed by atoms with van der Waals surface area (Å²) < 4.78 is 0. The predicted octanol–water partition coefficient (Wildman–Crippen LogP) is 2.98. The van der Waals surface area contributed by atoms with Crippen LogP contribution in [-0.2, 0) is 4.84 Å². The molecule has 0 spiro atoms. The van der Waals surface area contributed by atoms with Crippen molar-refractivity contribution in [2.24, 2.45) is 11.1 Å². The van der Waals surface area contributed by atoms with Gasteiger partial charge in [0.15, 0.2) is 0 Å². The van der Waals surface area contributed by atoms with Gasteiger partial charge in [0, 0.05) is 0 Å². The Morgan fingerprint density at radius 1 is 1.58 bits per heavy atom. The average Bonchev–Trinajstić information content (AvgIpc) is 2.05. The maximum Gasteiger partial charge on any atom is 0.135 e. The minimum Gasteiger partial charge on any atom is -0.390 e. The highest BCUT2D eigenvalue weighted by Gasteiger charge is 2.29. The van der Waals surface area contributed by atoms with E-state index in [1.807, 2.05) is 0 Å². The van der Waals surface area contributed by atoms with E-state index in [1.54, 1.807) is 0 Å². The monoisotopic (exact) mass is 169 g/mol. The fourth-order valence-corrected chi connectivity index (χ4v) is 1.29. The van der Waals surface area contributed by atoms with Crippen molar-refractivity contribution >= 4 is 5.71 Å². The molecule has 0 aromatic heterocycles. The van der Waals surface area contributed by atoms with Gasteiger partial charge in [0.25, 0.3) is 0 Å². The molecule has 0 saturated carbocycles. The van der Waals surface area contributed by atoms with Crippen molar-refractivity contribution in [2.75, 3.05) is 0 Å². The molecule has 0 radical (unpaired) electrons. The van der Waals surface area contributed by atoms with Crippen LogP contribution in [0.15, 0.2) is 5.16 Å². The molecule has 0 aromatic rings. The second-order valence-electron chi connectivity index (χ2n) is 4.13. The van der Waals surface area contributed by atoms with E-state index in [4.69, 9.17) is 4.84 Å². The molecule has 1 unspecified atom stereocenters. The van der Waals surface area contributed by atoms with Gasteiger partial charge >= 0.3 is 0 Å².